The summed E-state index contributed by atoms with van der Waals surface area (Å²) < 4.78 is 1.80. The van der Waals surface area contributed by atoms with Gasteiger partial charge in [-0.3, -0.25) is 4.79 Å². The van der Waals surface area contributed by atoms with Crippen molar-refractivity contribution in [3.63, 3.8) is 0 Å². The van der Waals surface area contributed by atoms with Crippen molar-refractivity contribution in [2.45, 2.75) is 25.3 Å². The Kier molecular flexibility index (Phi) is 3.14. The zero-order valence-corrected chi connectivity index (χ0v) is 12.3. The molecule has 2 aromatic heterocycles. The molecule has 0 aromatic carbocycles. The number of carbonyl (C=O) groups is 1. The lowest BCUT2D eigenvalue weighted by molar-refractivity contribution is 0.0898. The van der Waals surface area contributed by atoms with E-state index >= 15 is 0 Å². The van der Waals surface area contributed by atoms with Gasteiger partial charge in [0.1, 0.15) is 5.69 Å². The highest BCUT2D eigenvalue weighted by Gasteiger charge is 2.43. The van der Waals surface area contributed by atoms with Crippen molar-refractivity contribution >= 4 is 17.2 Å². The van der Waals surface area contributed by atoms with E-state index in [1.54, 1.807) is 15.9 Å². The summed E-state index contributed by atoms with van der Waals surface area (Å²) in [5.41, 5.74) is 2.03. The topological polar surface area (TPSA) is 67.2 Å². The molecule has 5 nitrogen and oxygen atoms in total. The molecule has 0 atom stereocenters. The summed E-state index contributed by atoms with van der Waals surface area (Å²) in [6, 6.07) is 1.84. The fraction of sp³-hybridized carbons (Fsp3) is 0.429. The molecule has 1 amide bonds. The Hall–Kier alpha value is -1.66. The third kappa shape index (κ3) is 2.36. The van der Waals surface area contributed by atoms with Crippen LogP contribution in [0.25, 0.3) is 11.3 Å². The number of aromatic nitrogens is 2. The molecule has 2 N–H and O–H groups in total. The summed E-state index contributed by atoms with van der Waals surface area (Å²) in [6.07, 6.45) is 3.59. The van der Waals surface area contributed by atoms with Crippen LogP contribution in [-0.4, -0.2) is 32.7 Å². The zero-order valence-electron chi connectivity index (χ0n) is 11.5. The fourth-order valence-corrected chi connectivity index (χ4v) is 2.83. The van der Waals surface area contributed by atoms with Crippen LogP contribution in [-0.2, 0) is 7.05 Å². The van der Waals surface area contributed by atoms with Gasteiger partial charge in [-0.15, -0.1) is 11.3 Å². The minimum atomic E-state index is -0.390. The molecular formula is C14H17N3O2S. The number of rotatable bonds is 4. The number of aliphatic hydroxyl groups is 1. The van der Waals surface area contributed by atoms with Gasteiger partial charge in [-0.1, -0.05) is 0 Å². The molecule has 1 fully saturated rings. The highest BCUT2D eigenvalue weighted by molar-refractivity contribution is 7.09. The Morgan fingerprint density at radius 1 is 1.60 bits per heavy atom. The van der Waals surface area contributed by atoms with E-state index in [1.807, 2.05) is 31.6 Å². The summed E-state index contributed by atoms with van der Waals surface area (Å²) in [5, 5.41) is 15.2. The number of nitrogens with one attached hydrogen (secondary N) is 1. The third-order valence-electron chi connectivity index (χ3n) is 3.69. The average Bonchev–Trinajstić information content (AvgIpc) is 2.86. The maximum atomic E-state index is 12.3. The van der Waals surface area contributed by atoms with Gasteiger partial charge in [0.15, 0.2) is 0 Å². The molecule has 0 unspecified atom stereocenters. The van der Waals surface area contributed by atoms with Gasteiger partial charge in [-0.25, -0.2) is 4.98 Å². The second-order valence-corrected chi connectivity index (χ2v) is 6.43. The van der Waals surface area contributed by atoms with Crippen molar-refractivity contribution in [1.29, 1.82) is 0 Å². The summed E-state index contributed by atoms with van der Waals surface area (Å²) in [6.45, 7) is 1.96. The van der Waals surface area contributed by atoms with Crippen molar-refractivity contribution < 1.29 is 9.90 Å². The van der Waals surface area contributed by atoms with Crippen LogP contribution in [0.5, 0.6) is 0 Å². The monoisotopic (exact) mass is 291 g/mol. The lowest BCUT2D eigenvalue weighted by atomic mass is 10.2. The van der Waals surface area contributed by atoms with E-state index in [9.17, 15) is 9.90 Å². The van der Waals surface area contributed by atoms with Crippen LogP contribution >= 0.6 is 11.3 Å². The largest absolute Gasteiger partial charge is 0.394 e. The van der Waals surface area contributed by atoms with Crippen molar-refractivity contribution in [3.8, 4) is 11.3 Å². The normalized spacial score (nSPS) is 16.1. The number of aliphatic hydroxyl groups excluding tert-OH is 1. The Balaban J connectivity index is 1.84. The highest BCUT2D eigenvalue weighted by atomic mass is 32.1. The van der Waals surface area contributed by atoms with E-state index < -0.39 is 5.54 Å². The van der Waals surface area contributed by atoms with Gasteiger partial charge in [-0.2, -0.15) is 0 Å². The molecule has 1 aliphatic rings. The molecule has 1 aliphatic carbocycles. The molecule has 0 spiro atoms. The number of hydrogen-bond acceptors (Lipinski definition) is 4. The van der Waals surface area contributed by atoms with Crippen LogP contribution in [0.4, 0.5) is 0 Å². The predicted octanol–water partition coefficient (Wildman–Crippen LogP) is 1.71. The van der Waals surface area contributed by atoms with Gasteiger partial charge in [-0.05, 0) is 25.8 Å². The number of nitrogens with zero attached hydrogens (tertiary/aromatic N) is 2. The van der Waals surface area contributed by atoms with Crippen LogP contribution in [0.15, 0.2) is 17.6 Å². The van der Waals surface area contributed by atoms with Crippen molar-refractivity contribution in [2.24, 2.45) is 7.05 Å². The van der Waals surface area contributed by atoms with Crippen molar-refractivity contribution in [1.82, 2.24) is 14.9 Å². The van der Waals surface area contributed by atoms with Gasteiger partial charge in [0, 0.05) is 24.2 Å². The molecule has 3 rings (SSSR count). The molecule has 6 heteroatoms. The van der Waals surface area contributed by atoms with Crippen LogP contribution in [0, 0.1) is 6.92 Å². The smallest absolute Gasteiger partial charge is 0.268 e. The second kappa shape index (κ2) is 4.71. The maximum Gasteiger partial charge on any atom is 0.268 e. The average molecular weight is 291 g/mol. The lowest BCUT2D eigenvalue weighted by Crippen LogP contribution is -2.40. The first-order valence-electron chi connectivity index (χ1n) is 6.55. The molecule has 2 heterocycles. The number of hydrogen-bond donors (Lipinski definition) is 2. The van der Waals surface area contributed by atoms with E-state index in [4.69, 9.17) is 0 Å². The predicted molar refractivity (Wildman–Crippen MR) is 77.8 cm³/mol. The van der Waals surface area contributed by atoms with E-state index in [0.29, 0.717) is 5.69 Å². The minimum absolute atomic E-state index is 0.00129. The quantitative estimate of drug-likeness (QED) is 0.901. The Morgan fingerprint density at radius 3 is 2.90 bits per heavy atom. The van der Waals surface area contributed by atoms with Gasteiger partial charge >= 0.3 is 0 Å². The Bertz CT molecular complexity index is 655. The van der Waals surface area contributed by atoms with Crippen molar-refractivity contribution in [3.05, 3.63) is 28.3 Å². The molecule has 2 aromatic rings. The molecule has 0 saturated heterocycles. The number of aryl methyl sites for hydroxylation is 2. The zero-order chi connectivity index (χ0) is 14.3. The molecule has 0 radical (unpaired) electrons. The summed E-state index contributed by atoms with van der Waals surface area (Å²) in [4.78, 5) is 16.7. The molecule has 1 saturated carbocycles. The SMILES string of the molecule is Cc1nc(-c2cc(C(=O)NC3(CO)CC3)n(C)c2)cs1. The van der Waals surface area contributed by atoms with Gasteiger partial charge in [0.25, 0.3) is 5.91 Å². The van der Waals surface area contributed by atoms with Crippen molar-refractivity contribution in [2.75, 3.05) is 6.61 Å². The molecular weight excluding hydrogens is 274 g/mol. The maximum absolute atomic E-state index is 12.3. The highest BCUT2D eigenvalue weighted by Crippen LogP contribution is 2.35. The lowest BCUT2D eigenvalue weighted by Gasteiger charge is -2.14. The van der Waals surface area contributed by atoms with Gasteiger partial charge in [0.2, 0.25) is 0 Å². The van der Waals surface area contributed by atoms with Gasteiger partial charge < -0.3 is 15.0 Å². The van der Waals surface area contributed by atoms with E-state index in [1.165, 1.54) is 0 Å². The van der Waals surface area contributed by atoms with Crippen LogP contribution in [0.2, 0.25) is 0 Å². The number of carbonyl (C=O) groups excluding carboxylic acids is 1. The van der Waals surface area contributed by atoms with E-state index in [2.05, 4.69) is 10.3 Å². The minimum Gasteiger partial charge on any atom is -0.394 e. The number of thiazole rings is 1. The first-order chi connectivity index (χ1) is 9.53. The van der Waals surface area contributed by atoms with Crippen LogP contribution in [0.3, 0.4) is 0 Å². The molecule has 20 heavy (non-hydrogen) atoms. The van der Waals surface area contributed by atoms with Gasteiger partial charge in [0.05, 0.1) is 22.8 Å². The van der Waals surface area contributed by atoms with Crippen LogP contribution < -0.4 is 5.32 Å². The summed E-state index contributed by atoms with van der Waals surface area (Å²) in [5.74, 6) is -0.141. The standard InChI is InChI=1S/C14H17N3O2S/c1-9-15-11(7-20-9)10-5-12(17(2)6-10)13(19)16-14(8-18)3-4-14/h5-7,18H,3-4,8H2,1-2H3,(H,16,19). The fourth-order valence-electron chi connectivity index (χ4n) is 2.20. The summed E-state index contributed by atoms with van der Waals surface area (Å²) in [7, 11) is 1.84. The van der Waals surface area contributed by atoms with E-state index in [0.717, 1.165) is 29.1 Å². The Morgan fingerprint density at radius 2 is 2.35 bits per heavy atom. The number of amides is 1. The van der Waals surface area contributed by atoms with E-state index in [-0.39, 0.29) is 12.5 Å². The molecule has 0 aliphatic heterocycles. The third-order valence-corrected chi connectivity index (χ3v) is 4.46. The molecule has 106 valence electrons. The summed E-state index contributed by atoms with van der Waals surface area (Å²) >= 11 is 1.59. The Labute approximate surface area is 121 Å². The second-order valence-electron chi connectivity index (χ2n) is 5.37. The first kappa shape index (κ1) is 13.3. The van der Waals surface area contributed by atoms with Crippen LogP contribution in [0.1, 0.15) is 28.3 Å². The first-order valence-corrected chi connectivity index (χ1v) is 7.43. The molecule has 0 bridgehead atoms.